The van der Waals surface area contributed by atoms with Crippen LogP contribution in [-0.2, 0) is 28.6 Å². The molecular formula is C25H21ClN2O3S. The van der Waals surface area contributed by atoms with E-state index in [1.165, 1.54) is 0 Å². The third-order valence-electron chi connectivity index (χ3n) is 5.86. The topological polar surface area (TPSA) is 70.2 Å². The number of H-pyrrole nitrogens is 1. The van der Waals surface area contributed by atoms with Crippen LogP contribution >= 0.6 is 11.6 Å². The zero-order chi connectivity index (χ0) is 22.3. The Morgan fingerprint density at radius 2 is 1.81 bits per heavy atom. The summed E-state index contributed by atoms with van der Waals surface area (Å²) in [5.41, 5.74) is 4.32. The maximum Gasteiger partial charge on any atom is 0.254 e. The molecule has 5 rings (SSSR count). The summed E-state index contributed by atoms with van der Waals surface area (Å²) in [7, 11) is -3.48. The van der Waals surface area contributed by atoms with Crippen LogP contribution in [0.15, 0.2) is 77.7 Å². The Bertz CT molecular complexity index is 1430. The molecule has 3 aromatic carbocycles. The minimum Gasteiger partial charge on any atom is -0.358 e. The largest absolute Gasteiger partial charge is 0.358 e. The molecule has 0 unspecified atom stereocenters. The first-order valence-electron chi connectivity index (χ1n) is 10.4. The Kier molecular flexibility index (Phi) is 5.27. The number of sulfone groups is 1. The minimum atomic E-state index is -3.48. The second-order valence-electron chi connectivity index (χ2n) is 8.02. The Labute approximate surface area is 191 Å². The van der Waals surface area contributed by atoms with E-state index in [0.29, 0.717) is 29.2 Å². The maximum absolute atomic E-state index is 13.3. The molecule has 162 valence electrons. The lowest BCUT2D eigenvalue weighted by atomic mass is 10.0. The Morgan fingerprint density at radius 1 is 1.00 bits per heavy atom. The van der Waals surface area contributed by atoms with Gasteiger partial charge in [0.1, 0.15) is 0 Å². The van der Waals surface area contributed by atoms with Crippen molar-refractivity contribution in [2.45, 2.75) is 23.6 Å². The lowest BCUT2D eigenvalue weighted by Gasteiger charge is -2.27. The van der Waals surface area contributed by atoms with Gasteiger partial charge in [0.05, 0.1) is 10.6 Å². The van der Waals surface area contributed by atoms with Gasteiger partial charge in [0.15, 0.2) is 9.84 Å². The van der Waals surface area contributed by atoms with Crippen LogP contribution in [-0.4, -0.2) is 30.8 Å². The number of amides is 1. The highest BCUT2D eigenvalue weighted by molar-refractivity contribution is 7.90. The van der Waals surface area contributed by atoms with E-state index in [1.807, 2.05) is 18.2 Å². The molecule has 2 heterocycles. The number of rotatable bonds is 4. The monoisotopic (exact) mass is 464 g/mol. The van der Waals surface area contributed by atoms with Crippen LogP contribution in [0.1, 0.15) is 27.2 Å². The summed E-state index contributed by atoms with van der Waals surface area (Å²) in [4.78, 5) is 18.8. The highest BCUT2D eigenvalue weighted by atomic mass is 35.5. The van der Waals surface area contributed by atoms with E-state index in [9.17, 15) is 13.2 Å². The first-order chi connectivity index (χ1) is 15.4. The van der Waals surface area contributed by atoms with Gasteiger partial charge in [0.25, 0.3) is 5.91 Å². The van der Waals surface area contributed by atoms with E-state index in [0.717, 1.165) is 28.6 Å². The maximum atomic E-state index is 13.3. The van der Waals surface area contributed by atoms with Gasteiger partial charge in [-0.15, -0.1) is 0 Å². The third-order valence-corrected chi connectivity index (χ3v) is 7.80. The van der Waals surface area contributed by atoms with E-state index >= 15 is 0 Å². The lowest BCUT2D eigenvalue weighted by molar-refractivity contribution is 0.0735. The molecule has 4 aromatic rings. The predicted octanol–water partition coefficient (Wildman–Crippen LogP) is 4.99. The van der Waals surface area contributed by atoms with Crippen molar-refractivity contribution in [3.05, 3.63) is 100 Å². The SMILES string of the molecule is O=C(c1cccc(CS(=O)(=O)c2ccccc2)c1)N1CCc2[nH]c3ccc(Cl)cc3c2C1. The van der Waals surface area contributed by atoms with Gasteiger partial charge in [0.2, 0.25) is 0 Å². The second-order valence-corrected chi connectivity index (χ2v) is 10.4. The quantitative estimate of drug-likeness (QED) is 0.462. The van der Waals surface area contributed by atoms with Crippen molar-refractivity contribution < 1.29 is 13.2 Å². The van der Waals surface area contributed by atoms with Gasteiger partial charge in [-0.05, 0) is 48.0 Å². The van der Waals surface area contributed by atoms with E-state index in [2.05, 4.69) is 4.98 Å². The molecule has 0 saturated carbocycles. The van der Waals surface area contributed by atoms with Gasteiger partial charge < -0.3 is 9.88 Å². The molecule has 0 radical (unpaired) electrons. The number of carbonyl (C=O) groups excluding carboxylic acids is 1. The number of fused-ring (bicyclic) bond motifs is 3. The van der Waals surface area contributed by atoms with Gasteiger partial charge in [-0.3, -0.25) is 4.79 Å². The highest BCUT2D eigenvalue weighted by Gasteiger charge is 2.25. The molecule has 1 N–H and O–H groups in total. The molecule has 7 heteroatoms. The van der Waals surface area contributed by atoms with Crippen LogP contribution in [0.3, 0.4) is 0 Å². The fourth-order valence-electron chi connectivity index (χ4n) is 4.27. The summed E-state index contributed by atoms with van der Waals surface area (Å²) in [6.07, 6.45) is 0.732. The molecule has 1 amide bonds. The van der Waals surface area contributed by atoms with E-state index in [4.69, 9.17) is 11.6 Å². The van der Waals surface area contributed by atoms with E-state index < -0.39 is 9.84 Å². The Morgan fingerprint density at radius 3 is 2.62 bits per heavy atom. The van der Waals surface area contributed by atoms with Crippen LogP contribution in [0.25, 0.3) is 10.9 Å². The normalized spacial score (nSPS) is 13.8. The molecule has 0 fully saturated rings. The molecule has 0 spiro atoms. The predicted molar refractivity (Wildman–Crippen MR) is 126 cm³/mol. The molecule has 1 aliphatic heterocycles. The van der Waals surface area contributed by atoms with Crippen molar-refractivity contribution in [1.29, 1.82) is 0 Å². The van der Waals surface area contributed by atoms with Crippen LogP contribution < -0.4 is 0 Å². The zero-order valence-corrected chi connectivity index (χ0v) is 18.8. The van der Waals surface area contributed by atoms with Crippen molar-refractivity contribution in [3.8, 4) is 0 Å². The number of hydrogen-bond donors (Lipinski definition) is 1. The Balaban J connectivity index is 1.39. The van der Waals surface area contributed by atoms with Crippen molar-refractivity contribution in [3.63, 3.8) is 0 Å². The average molecular weight is 465 g/mol. The molecule has 32 heavy (non-hydrogen) atoms. The lowest BCUT2D eigenvalue weighted by Crippen LogP contribution is -2.35. The summed E-state index contributed by atoms with van der Waals surface area (Å²) in [6.45, 7) is 1.08. The molecule has 0 atom stereocenters. The molecule has 5 nitrogen and oxygen atoms in total. The van der Waals surface area contributed by atoms with E-state index in [-0.39, 0.29) is 16.6 Å². The molecule has 0 bridgehead atoms. The fourth-order valence-corrected chi connectivity index (χ4v) is 5.80. The number of halogens is 1. The number of aromatic nitrogens is 1. The summed E-state index contributed by atoms with van der Waals surface area (Å²) in [6, 6.07) is 21.0. The summed E-state index contributed by atoms with van der Waals surface area (Å²) in [5, 5.41) is 1.70. The number of carbonyl (C=O) groups is 1. The second kappa shape index (κ2) is 8.11. The van der Waals surface area contributed by atoms with Gasteiger partial charge in [0, 0.05) is 52.3 Å². The zero-order valence-electron chi connectivity index (χ0n) is 17.2. The van der Waals surface area contributed by atoms with Gasteiger partial charge in [-0.2, -0.15) is 0 Å². The number of nitrogens with one attached hydrogen (secondary N) is 1. The standard InChI is InChI=1S/C25H21ClN2O3S/c26-19-9-10-23-21(14-19)22-15-28(12-11-24(22)27-23)25(29)18-6-4-5-17(13-18)16-32(30,31)20-7-2-1-3-8-20/h1-10,13-14,27H,11-12,15-16H2. The van der Waals surface area contributed by atoms with Crippen LogP contribution in [0, 0.1) is 0 Å². The van der Waals surface area contributed by atoms with E-state index in [1.54, 1.807) is 59.5 Å². The van der Waals surface area contributed by atoms with Crippen LogP contribution in [0.4, 0.5) is 0 Å². The van der Waals surface area contributed by atoms with Crippen LogP contribution in [0.2, 0.25) is 5.02 Å². The molecule has 1 aromatic heterocycles. The highest BCUT2D eigenvalue weighted by Crippen LogP contribution is 2.30. The summed E-state index contributed by atoms with van der Waals surface area (Å²) >= 11 is 6.18. The van der Waals surface area contributed by atoms with Gasteiger partial charge >= 0.3 is 0 Å². The third kappa shape index (κ3) is 3.92. The fraction of sp³-hybridized carbons (Fsp3) is 0.160. The Hall–Kier alpha value is -3.09. The van der Waals surface area contributed by atoms with Gasteiger partial charge in [-0.1, -0.05) is 41.9 Å². The van der Waals surface area contributed by atoms with Crippen molar-refractivity contribution in [2.75, 3.05) is 6.54 Å². The number of aromatic amines is 1. The molecular weight excluding hydrogens is 444 g/mol. The summed E-state index contributed by atoms with van der Waals surface area (Å²) < 4.78 is 25.5. The van der Waals surface area contributed by atoms with Crippen LogP contribution in [0.5, 0.6) is 0 Å². The minimum absolute atomic E-state index is 0.106. The molecule has 1 aliphatic rings. The van der Waals surface area contributed by atoms with Crippen molar-refractivity contribution in [2.24, 2.45) is 0 Å². The average Bonchev–Trinajstić information content (AvgIpc) is 3.16. The number of hydrogen-bond acceptors (Lipinski definition) is 3. The molecule has 0 aliphatic carbocycles. The first-order valence-corrected chi connectivity index (χ1v) is 12.4. The summed E-state index contributed by atoms with van der Waals surface area (Å²) in [5.74, 6) is -0.255. The van der Waals surface area contributed by atoms with Crippen molar-refractivity contribution >= 4 is 38.2 Å². The smallest absolute Gasteiger partial charge is 0.254 e. The van der Waals surface area contributed by atoms with Crippen molar-refractivity contribution in [1.82, 2.24) is 9.88 Å². The number of nitrogens with zero attached hydrogens (tertiary/aromatic N) is 1. The van der Waals surface area contributed by atoms with Gasteiger partial charge in [-0.25, -0.2) is 8.42 Å². The first kappa shape index (κ1) is 20.8. The molecule has 0 saturated heterocycles. The number of benzene rings is 3.